The first-order valence-electron chi connectivity index (χ1n) is 9.34. The van der Waals surface area contributed by atoms with Crippen LogP contribution in [0.3, 0.4) is 0 Å². The van der Waals surface area contributed by atoms with E-state index < -0.39 is 6.04 Å². The number of hydrogen-bond donors (Lipinski definition) is 4. The first-order valence-corrected chi connectivity index (χ1v) is 10.1. The molecule has 0 aliphatic carbocycles. The molecule has 0 fully saturated rings. The van der Waals surface area contributed by atoms with Crippen LogP contribution in [0.25, 0.3) is 16.7 Å². The number of aromatic amines is 1. The van der Waals surface area contributed by atoms with Crippen molar-refractivity contribution >= 4 is 51.7 Å². The fourth-order valence-electron chi connectivity index (χ4n) is 3.27. The molecule has 0 radical (unpaired) electrons. The third kappa shape index (κ3) is 3.75. The minimum absolute atomic E-state index is 0.0325. The number of aromatic nitrogens is 6. The van der Waals surface area contributed by atoms with Gasteiger partial charge < -0.3 is 16.8 Å². The van der Waals surface area contributed by atoms with Crippen molar-refractivity contribution < 1.29 is 0 Å². The Bertz CT molecular complexity index is 1320. The summed E-state index contributed by atoms with van der Waals surface area (Å²) in [4.78, 5) is 26.3. The largest absolute Gasteiger partial charge is 0.382 e. The fraction of sp³-hybridized carbons (Fsp3) is 0.211. The van der Waals surface area contributed by atoms with E-state index in [-0.39, 0.29) is 34.1 Å². The monoisotopic (exact) mass is 459 g/mol. The third-order valence-corrected chi connectivity index (χ3v) is 5.41. The molecule has 0 spiro atoms. The number of rotatable bonds is 5. The second-order valence-corrected chi connectivity index (χ2v) is 7.96. The van der Waals surface area contributed by atoms with Crippen LogP contribution < -0.4 is 22.3 Å². The Hall–Kier alpha value is -3.37. The molecule has 0 amide bonds. The summed E-state index contributed by atoms with van der Waals surface area (Å²) >= 11 is 12.6. The number of nitrogens with one attached hydrogen (secondary N) is 2. The van der Waals surface area contributed by atoms with Gasteiger partial charge in [-0.2, -0.15) is 15.1 Å². The average molecular weight is 460 g/mol. The number of anilines is 3. The summed E-state index contributed by atoms with van der Waals surface area (Å²) in [6, 6.07) is 6.26. The summed E-state index contributed by atoms with van der Waals surface area (Å²) < 4.78 is 1.41. The van der Waals surface area contributed by atoms with Crippen LogP contribution >= 0.6 is 23.2 Å². The number of benzene rings is 1. The van der Waals surface area contributed by atoms with Gasteiger partial charge in [0, 0.05) is 12.3 Å². The Balaban J connectivity index is 1.98. The van der Waals surface area contributed by atoms with Gasteiger partial charge in [-0.25, -0.2) is 9.55 Å². The Labute approximate surface area is 186 Å². The summed E-state index contributed by atoms with van der Waals surface area (Å²) in [5.41, 5.74) is 11.7. The Kier molecular flexibility index (Phi) is 5.42. The van der Waals surface area contributed by atoms with Crippen LogP contribution in [-0.2, 0) is 0 Å². The summed E-state index contributed by atoms with van der Waals surface area (Å²) in [6.45, 7) is 3.92. The Morgan fingerprint density at radius 1 is 1.13 bits per heavy atom. The highest BCUT2D eigenvalue weighted by Crippen LogP contribution is 2.32. The molecule has 0 aliphatic rings. The fourth-order valence-corrected chi connectivity index (χ4v) is 3.66. The maximum Gasteiger partial charge on any atom is 0.268 e. The molecule has 1 aromatic carbocycles. The van der Waals surface area contributed by atoms with Gasteiger partial charge in [0.05, 0.1) is 22.0 Å². The maximum absolute atomic E-state index is 13.5. The number of nitrogen functional groups attached to an aromatic ring is 2. The van der Waals surface area contributed by atoms with E-state index in [2.05, 4.69) is 25.5 Å². The summed E-state index contributed by atoms with van der Waals surface area (Å²) in [6.07, 6.45) is 1.61. The molecular formula is C19H19Cl2N9O. The van der Waals surface area contributed by atoms with E-state index in [1.165, 1.54) is 4.57 Å². The number of nitrogens with zero attached hydrogens (tertiary/aromatic N) is 5. The van der Waals surface area contributed by atoms with Crippen molar-refractivity contribution in [1.29, 1.82) is 0 Å². The van der Waals surface area contributed by atoms with Crippen LogP contribution in [0.15, 0.2) is 35.3 Å². The first kappa shape index (κ1) is 20.9. The smallest absolute Gasteiger partial charge is 0.268 e. The van der Waals surface area contributed by atoms with Crippen molar-refractivity contribution in [2.75, 3.05) is 16.8 Å². The summed E-state index contributed by atoms with van der Waals surface area (Å²) in [5, 5.41) is 10.8. The predicted octanol–water partition coefficient (Wildman–Crippen LogP) is 3.18. The van der Waals surface area contributed by atoms with E-state index in [0.717, 1.165) is 0 Å². The lowest BCUT2D eigenvalue weighted by atomic mass is 10.0. The standard InChI is InChI=1S/C19H19Cl2N9O/c1-8(2)14(26-16-13(21)15(22)27-19(23)28-16)17-25-10-5-3-4-9(20)12(10)18(31)30(17)11-6-7-24-29-11/h3-8,14H,1-2H3,(H,24,29)(H5,22,23,26,27,28). The third-order valence-electron chi connectivity index (χ3n) is 4.72. The molecule has 12 heteroatoms. The molecular weight excluding hydrogens is 441 g/mol. The number of H-pyrrole nitrogens is 1. The average Bonchev–Trinajstić information content (AvgIpc) is 3.23. The van der Waals surface area contributed by atoms with E-state index in [0.29, 0.717) is 27.6 Å². The van der Waals surface area contributed by atoms with Crippen molar-refractivity contribution in [1.82, 2.24) is 29.7 Å². The van der Waals surface area contributed by atoms with Gasteiger partial charge in [-0.1, -0.05) is 43.1 Å². The molecule has 31 heavy (non-hydrogen) atoms. The summed E-state index contributed by atoms with van der Waals surface area (Å²) in [7, 11) is 0. The molecule has 0 saturated heterocycles. The van der Waals surface area contributed by atoms with Crippen molar-refractivity contribution in [2.45, 2.75) is 19.9 Å². The van der Waals surface area contributed by atoms with Crippen molar-refractivity contribution in [3.63, 3.8) is 0 Å². The molecule has 0 bridgehead atoms. The molecule has 1 unspecified atom stereocenters. The van der Waals surface area contributed by atoms with Gasteiger partial charge in [-0.3, -0.25) is 9.89 Å². The SMILES string of the molecule is CC(C)C(Nc1nc(N)nc(N)c1Cl)c1nc2cccc(Cl)c2c(=O)n1-c1cc[nH]n1. The number of nitrogens with two attached hydrogens (primary N) is 2. The van der Waals surface area contributed by atoms with Crippen LogP contribution in [0.4, 0.5) is 17.6 Å². The highest BCUT2D eigenvalue weighted by Gasteiger charge is 2.27. The van der Waals surface area contributed by atoms with Crippen LogP contribution in [0, 0.1) is 5.92 Å². The number of halogens is 2. The second-order valence-electron chi connectivity index (χ2n) is 7.17. The van der Waals surface area contributed by atoms with Gasteiger partial charge in [0.15, 0.2) is 11.6 Å². The molecule has 10 nitrogen and oxygen atoms in total. The molecule has 0 saturated carbocycles. The maximum atomic E-state index is 13.5. The zero-order valence-corrected chi connectivity index (χ0v) is 18.1. The lowest BCUT2D eigenvalue weighted by molar-refractivity contribution is 0.507. The molecule has 3 heterocycles. The number of fused-ring (bicyclic) bond motifs is 1. The van der Waals surface area contributed by atoms with E-state index in [1.807, 2.05) is 13.8 Å². The van der Waals surface area contributed by atoms with Crippen molar-refractivity contribution in [3.05, 3.63) is 56.7 Å². The van der Waals surface area contributed by atoms with Crippen LogP contribution in [0.1, 0.15) is 25.7 Å². The van der Waals surface area contributed by atoms with Crippen LogP contribution in [0.2, 0.25) is 10.0 Å². The van der Waals surface area contributed by atoms with E-state index in [4.69, 9.17) is 39.7 Å². The van der Waals surface area contributed by atoms with E-state index in [9.17, 15) is 4.79 Å². The van der Waals surface area contributed by atoms with Crippen LogP contribution in [0.5, 0.6) is 0 Å². The topological polar surface area (TPSA) is 153 Å². The van der Waals surface area contributed by atoms with E-state index >= 15 is 0 Å². The quantitative estimate of drug-likeness (QED) is 0.354. The molecule has 6 N–H and O–H groups in total. The molecule has 0 aliphatic heterocycles. The lowest BCUT2D eigenvalue weighted by Gasteiger charge is -2.25. The summed E-state index contributed by atoms with van der Waals surface area (Å²) in [5.74, 6) is 0.960. The zero-order chi connectivity index (χ0) is 22.3. The van der Waals surface area contributed by atoms with Gasteiger partial charge in [0.1, 0.15) is 16.7 Å². The predicted molar refractivity (Wildman–Crippen MR) is 122 cm³/mol. The lowest BCUT2D eigenvalue weighted by Crippen LogP contribution is -2.31. The molecule has 1 atom stereocenters. The van der Waals surface area contributed by atoms with E-state index in [1.54, 1.807) is 30.5 Å². The van der Waals surface area contributed by atoms with Gasteiger partial charge in [-0.15, -0.1) is 0 Å². The highest BCUT2D eigenvalue weighted by atomic mass is 35.5. The van der Waals surface area contributed by atoms with Crippen molar-refractivity contribution in [2.24, 2.45) is 5.92 Å². The first-order chi connectivity index (χ1) is 14.8. The minimum atomic E-state index is -0.515. The molecule has 4 aromatic rings. The molecule has 4 rings (SSSR count). The molecule has 160 valence electrons. The van der Waals surface area contributed by atoms with Crippen LogP contribution in [-0.4, -0.2) is 29.7 Å². The number of hydrogen-bond acceptors (Lipinski definition) is 8. The van der Waals surface area contributed by atoms with Gasteiger partial charge in [0.25, 0.3) is 5.56 Å². The normalized spacial score (nSPS) is 12.4. The second kappa shape index (κ2) is 8.05. The van der Waals surface area contributed by atoms with Crippen molar-refractivity contribution in [3.8, 4) is 5.82 Å². The van der Waals surface area contributed by atoms with Gasteiger partial charge in [0.2, 0.25) is 5.95 Å². The Morgan fingerprint density at radius 3 is 2.58 bits per heavy atom. The van der Waals surface area contributed by atoms with Gasteiger partial charge >= 0.3 is 0 Å². The Morgan fingerprint density at radius 2 is 1.90 bits per heavy atom. The highest BCUT2D eigenvalue weighted by molar-refractivity contribution is 6.35. The zero-order valence-electron chi connectivity index (χ0n) is 16.6. The minimum Gasteiger partial charge on any atom is -0.382 e. The molecule has 3 aromatic heterocycles. The van der Waals surface area contributed by atoms with Gasteiger partial charge in [-0.05, 0) is 18.1 Å².